The summed E-state index contributed by atoms with van der Waals surface area (Å²) >= 11 is 0. The van der Waals surface area contributed by atoms with Gasteiger partial charge in [-0.15, -0.1) is 0 Å². The van der Waals surface area contributed by atoms with E-state index in [0.29, 0.717) is 11.9 Å². The topological polar surface area (TPSA) is 39.9 Å². The normalized spacial score (nSPS) is 11.6. The highest BCUT2D eigenvalue weighted by atomic mass is 16.5. The zero-order chi connectivity index (χ0) is 22.2. The summed E-state index contributed by atoms with van der Waals surface area (Å²) in [5.74, 6) is 2.03. The zero-order valence-electron chi connectivity index (χ0n) is 18.1. The minimum Gasteiger partial charge on any atom is -0.439 e. The molecule has 0 saturated carbocycles. The Morgan fingerprint density at radius 1 is 0.656 bits per heavy atom. The average molecular weight is 414 g/mol. The van der Waals surface area contributed by atoms with Crippen molar-refractivity contribution in [2.24, 2.45) is 0 Å². The van der Waals surface area contributed by atoms with Crippen molar-refractivity contribution in [2.75, 3.05) is 0 Å². The molecule has 0 spiro atoms. The molecule has 0 unspecified atom stereocenters. The highest BCUT2D eigenvalue weighted by molar-refractivity contribution is 6.10. The summed E-state index contributed by atoms with van der Waals surface area (Å²) in [6, 6.07) is 32.3. The van der Waals surface area contributed by atoms with Crippen LogP contribution >= 0.6 is 0 Å². The molecule has 6 rings (SSSR count). The highest BCUT2D eigenvalue weighted by Gasteiger charge is 2.13. The number of pyridine rings is 2. The molecule has 0 aliphatic rings. The average Bonchev–Trinajstić information content (AvgIpc) is 3.18. The molecule has 6 aromatic rings. The summed E-state index contributed by atoms with van der Waals surface area (Å²) in [6.45, 7) is 0. The second-order valence-electron chi connectivity index (χ2n) is 7.50. The molecule has 0 bridgehead atoms. The lowest BCUT2D eigenvalue weighted by molar-refractivity contribution is 0.463. The molecule has 0 atom stereocenters. The zero-order valence-corrected chi connectivity index (χ0v) is 17.1. The summed E-state index contributed by atoms with van der Waals surface area (Å²) in [6.07, 6.45) is 3.40. The van der Waals surface area contributed by atoms with Crippen molar-refractivity contribution < 1.29 is 6.11 Å². The van der Waals surface area contributed by atoms with Gasteiger partial charge in [0, 0.05) is 29.2 Å². The largest absolute Gasteiger partial charge is 0.439 e. The van der Waals surface area contributed by atoms with Crippen LogP contribution in [0, 0.1) is 0 Å². The van der Waals surface area contributed by atoms with Gasteiger partial charge in [-0.1, -0.05) is 54.6 Å². The first-order chi connectivity index (χ1) is 16.3. The van der Waals surface area contributed by atoms with E-state index in [2.05, 4.69) is 50.9 Å². The van der Waals surface area contributed by atoms with Gasteiger partial charge in [-0.2, -0.15) is 0 Å². The standard InChI is InChI=1S/C28H19N3O/c1-2-11-25-23(10-1)24-15-14-21(19-26(24)31(25)27-12-3-5-16-29-27)20-8-7-9-22(18-20)32-28-13-4-6-17-30-28/h1-19H/i3D. The Balaban J connectivity index is 1.51. The van der Waals surface area contributed by atoms with E-state index >= 15 is 0 Å². The molecule has 152 valence electrons. The van der Waals surface area contributed by atoms with Crippen LogP contribution in [0.15, 0.2) is 115 Å². The van der Waals surface area contributed by atoms with Gasteiger partial charge >= 0.3 is 0 Å². The van der Waals surface area contributed by atoms with E-state index in [0.717, 1.165) is 44.5 Å². The quantitative estimate of drug-likeness (QED) is 0.311. The van der Waals surface area contributed by atoms with Gasteiger partial charge in [0.25, 0.3) is 0 Å². The summed E-state index contributed by atoms with van der Waals surface area (Å²) < 4.78 is 16.1. The maximum absolute atomic E-state index is 8.07. The van der Waals surface area contributed by atoms with Crippen molar-refractivity contribution in [3.05, 3.63) is 115 Å². The number of para-hydroxylation sites is 1. The smallest absolute Gasteiger partial charge is 0.219 e. The van der Waals surface area contributed by atoms with E-state index in [1.807, 2.05) is 48.5 Å². The van der Waals surface area contributed by atoms with Crippen LogP contribution < -0.4 is 4.74 Å². The maximum Gasteiger partial charge on any atom is 0.219 e. The van der Waals surface area contributed by atoms with Crippen LogP contribution in [0.2, 0.25) is 0 Å². The monoisotopic (exact) mass is 414 g/mol. The van der Waals surface area contributed by atoms with Crippen molar-refractivity contribution in [3.8, 4) is 28.6 Å². The number of rotatable bonds is 4. The fourth-order valence-corrected chi connectivity index (χ4v) is 4.10. The molecule has 3 aromatic carbocycles. The minimum atomic E-state index is 0.432. The van der Waals surface area contributed by atoms with Crippen molar-refractivity contribution in [1.29, 1.82) is 0 Å². The van der Waals surface area contributed by atoms with Crippen LogP contribution in [-0.2, 0) is 0 Å². The van der Waals surface area contributed by atoms with Gasteiger partial charge in [-0.25, -0.2) is 9.97 Å². The van der Waals surface area contributed by atoms with E-state index in [1.165, 1.54) is 0 Å². The van der Waals surface area contributed by atoms with Gasteiger partial charge in [0.2, 0.25) is 5.88 Å². The van der Waals surface area contributed by atoms with Crippen molar-refractivity contribution >= 4 is 21.8 Å². The Morgan fingerprint density at radius 3 is 2.41 bits per heavy atom. The molecule has 0 radical (unpaired) electrons. The van der Waals surface area contributed by atoms with E-state index < -0.39 is 0 Å². The SMILES string of the molecule is [2H]c1ccnc(-n2c3ccccc3c3ccc(-c4cccc(Oc5ccccn5)c4)cc32)c1. The molecule has 0 N–H and O–H groups in total. The van der Waals surface area contributed by atoms with Gasteiger partial charge in [0.05, 0.1) is 12.4 Å². The van der Waals surface area contributed by atoms with Crippen molar-refractivity contribution in [3.63, 3.8) is 0 Å². The highest BCUT2D eigenvalue weighted by Crippen LogP contribution is 2.35. The van der Waals surface area contributed by atoms with E-state index in [1.54, 1.807) is 24.5 Å². The van der Waals surface area contributed by atoms with Gasteiger partial charge in [0.1, 0.15) is 11.6 Å². The van der Waals surface area contributed by atoms with E-state index in [4.69, 9.17) is 6.11 Å². The summed E-state index contributed by atoms with van der Waals surface area (Å²) in [7, 11) is 0. The predicted molar refractivity (Wildman–Crippen MR) is 128 cm³/mol. The third kappa shape index (κ3) is 3.19. The number of ether oxygens (including phenoxy) is 1. The third-order valence-electron chi connectivity index (χ3n) is 5.52. The lowest BCUT2D eigenvalue weighted by Crippen LogP contribution is -1.96. The third-order valence-corrected chi connectivity index (χ3v) is 5.52. The second-order valence-corrected chi connectivity index (χ2v) is 7.50. The first-order valence-electron chi connectivity index (χ1n) is 10.9. The number of aromatic nitrogens is 3. The Bertz CT molecular complexity index is 1610. The molecule has 0 amide bonds. The molecule has 32 heavy (non-hydrogen) atoms. The van der Waals surface area contributed by atoms with Crippen LogP contribution in [-0.4, -0.2) is 14.5 Å². The molecule has 0 aliphatic heterocycles. The predicted octanol–water partition coefficient (Wildman–Crippen LogP) is 7.03. The molecule has 4 nitrogen and oxygen atoms in total. The summed E-state index contributed by atoms with van der Waals surface area (Å²) in [5, 5.41) is 2.30. The second kappa shape index (κ2) is 7.67. The molecule has 4 heteroatoms. The molecule has 3 heterocycles. The van der Waals surface area contributed by atoms with Gasteiger partial charge in [0.15, 0.2) is 0 Å². The fourth-order valence-electron chi connectivity index (χ4n) is 4.10. The van der Waals surface area contributed by atoms with Crippen LogP contribution in [0.4, 0.5) is 0 Å². The first kappa shape index (κ1) is 17.3. The number of hydrogen-bond acceptors (Lipinski definition) is 3. The molecular weight excluding hydrogens is 394 g/mol. The van der Waals surface area contributed by atoms with Crippen LogP contribution in [0.3, 0.4) is 0 Å². The Hall–Kier alpha value is -4.44. The molecule has 0 fully saturated rings. The summed E-state index contributed by atoms with van der Waals surface area (Å²) in [4.78, 5) is 8.81. The van der Waals surface area contributed by atoms with E-state index in [-0.39, 0.29) is 0 Å². The lowest BCUT2D eigenvalue weighted by atomic mass is 10.0. The Kier molecular flexibility index (Phi) is 4.14. The molecule has 0 saturated heterocycles. The summed E-state index contributed by atoms with van der Waals surface area (Å²) in [5.41, 5.74) is 4.22. The van der Waals surface area contributed by atoms with Gasteiger partial charge in [-0.3, -0.25) is 4.57 Å². The fraction of sp³-hybridized carbons (Fsp3) is 0. The van der Waals surface area contributed by atoms with Crippen LogP contribution in [0.1, 0.15) is 1.37 Å². The number of benzene rings is 3. The minimum absolute atomic E-state index is 0.432. The van der Waals surface area contributed by atoms with E-state index in [9.17, 15) is 0 Å². The van der Waals surface area contributed by atoms with Gasteiger partial charge < -0.3 is 4.74 Å². The van der Waals surface area contributed by atoms with Crippen molar-refractivity contribution in [1.82, 2.24) is 14.5 Å². The Morgan fingerprint density at radius 2 is 1.50 bits per heavy atom. The van der Waals surface area contributed by atoms with Crippen molar-refractivity contribution in [2.45, 2.75) is 0 Å². The lowest BCUT2D eigenvalue weighted by Gasteiger charge is -2.09. The number of fused-ring (bicyclic) bond motifs is 3. The Labute approximate surface area is 186 Å². The molecule has 0 aliphatic carbocycles. The molecular formula is C28H19N3O. The van der Waals surface area contributed by atoms with Gasteiger partial charge in [-0.05, 0) is 53.6 Å². The number of nitrogens with zero attached hydrogens (tertiary/aromatic N) is 3. The molecule has 3 aromatic heterocycles. The van der Waals surface area contributed by atoms with Crippen LogP contribution in [0.25, 0.3) is 38.8 Å². The number of hydrogen-bond donors (Lipinski definition) is 0. The first-order valence-corrected chi connectivity index (χ1v) is 10.4. The maximum atomic E-state index is 8.07. The van der Waals surface area contributed by atoms with Crippen LogP contribution in [0.5, 0.6) is 11.6 Å².